The number of ketones is 1. The Morgan fingerprint density at radius 3 is 2.40 bits per heavy atom. The first-order valence-corrected chi connectivity index (χ1v) is 19.2. The molecule has 2 aromatic rings. The number of fused-ring (bicyclic) bond motifs is 4. The summed E-state index contributed by atoms with van der Waals surface area (Å²) in [5.41, 5.74) is 11.1. The number of aromatic amines is 1. The molecule has 2 unspecified atom stereocenters. The van der Waals surface area contributed by atoms with Crippen LogP contribution in [0.2, 0.25) is 0 Å². The third-order valence-corrected chi connectivity index (χ3v) is 10.9. The number of hydrogen-bond acceptors (Lipinski definition) is 12. The molecule has 0 radical (unpaired) electrons. The van der Waals surface area contributed by atoms with Gasteiger partial charge in [-0.2, -0.15) is 0 Å². The van der Waals surface area contributed by atoms with Gasteiger partial charge in [0.05, 0.1) is 28.8 Å². The molecule has 1 fully saturated rings. The van der Waals surface area contributed by atoms with Gasteiger partial charge in [-0.3, -0.25) is 33.6 Å². The van der Waals surface area contributed by atoms with Gasteiger partial charge in [-0.1, -0.05) is 18.2 Å². The lowest BCUT2D eigenvalue weighted by atomic mass is 9.94. The van der Waals surface area contributed by atoms with Gasteiger partial charge in [-0.05, 0) is 59.1 Å². The average molecular weight is 788 g/mol. The number of para-hydroxylation sites is 1. The van der Waals surface area contributed by atoms with Gasteiger partial charge in [-0.15, -0.1) is 11.8 Å². The van der Waals surface area contributed by atoms with Crippen molar-refractivity contribution in [3.05, 3.63) is 29.8 Å². The average Bonchev–Trinajstić information content (AvgIpc) is 3.75. The van der Waals surface area contributed by atoms with Crippen LogP contribution >= 0.6 is 11.8 Å². The number of aromatic nitrogens is 1. The predicted molar refractivity (Wildman–Crippen MR) is 203 cm³/mol. The number of rotatable bonds is 11. The molecule has 1 aromatic heterocycles. The fraction of sp³-hybridized carbons (Fsp3) is 0.583. The predicted octanol–water partition coefficient (Wildman–Crippen LogP) is -2.33. The Balaban J connectivity index is 1.77. The number of aliphatic hydroxyl groups excluding tert-OH is 1. The third-order valence-electron chi connectivity index (χ3n) is 9.78. The van der Waals surface area contributed by atoms with Crippen LogP contribution in [0.4, 0.5) is 0 Å². The molecule has 1 aromatic carbocycles. The molecule has 0 bridgehead atoms. The highest BCUT2D eigenvalue weighted by Gasteiger charge is 2.41. The van der Waals surface area contributed by atoms with Crippen molar-refractivity contribution in [2.75, 3.05) is 18.8 Å². The first-order valence-electron chi connectivity index (χ1n) is 18.2. The summed E-state index contributed by atoms with van der Waals surface area (Å²) in [6, 6.07) is -1.10. The molecule has 9 atom stereocenters. The van der Waals surface area contributed by atoms with Crippen molar-refractivity contribution in [3.63, 3.8) is 0 Å². The van der Waals surface area contributed by atoms with E-state index in [1.165, 1.54) is 39.5 Å². The van der Waals surface area contributed by atoms with Crippen LogP contribution in [0.15, 0.2) is 29.3 Å². The Labute approximate surface area is 323 Å². The second kappa shape index (κ2) is 18.4. The smallest absolute Gasteiger partial charge is 0.246 e. The molecule has 6 amide bonds. The molecule has 12 N–H and O–H groups in total. The third kappa shape index (κ3) is 10.8. The lowest BCUT2D eigenvalue weighted by molar-refractivity contribution is -0.142. The Morgan fingerprint density at radius 1 is 1.07 bits per heavy atom. The number of thioether (sulfide) groups is 1. The summed E-state index contributed by atoms with van der Waals surface area (Å²) < 4.78 is 0. The molecule has 2 aliphatic heterocycles. The normalized spacial score (nSPS) is 24.3. The number of hydrogen-bond donors (Lipinski definition) is 10. The summed E-state index contributed by atoms with van der Waals surface area (Å²) in [6.07, 6.45) is -0.930. The Bertz CT molecular complexity index is 1780. The number of nitrogens with one attached hydrogen (secondary N) is 6. The van der Waals surface area contributed by atoms with Crippen LogP contribution in [-0.2, 0) is 40.0 Å². The fourth-order valence-corrected chi connectivity index (χ4v) is 7.58. The molecule has 0 aliphatic carbocycles. The Morgan fingerprint density at radius 2 is 1.76 bits per heavy atom. The van der Waals surface area contributed by atoms with Crippen LogP contribution in [0.1, 0.15) is 59.4 Å². The minimum Gasteiger partial charge on any atom is -0.391 e. The summed E-state index contributed by atoms with van der Waals surface area (Å²) in [7, 11) is 0. The highest BCUT2D eigenvalue weighted by Crippen LogP contribution is 2.32. The zero-order valence-electron chi connectivity index (χ0n) is 31.6. The summed E-state index contributed by atoms with van der Waals surface area (Å²) in [5.74, 6) is -4.73. The number of carbonyl (C=O) groups excluding carboxylic acids is 7. The Kier molecular flexibility index (Phi) is 14.4. The van der Waals surface area contributed by atoms with E-state index in [-0.39, 0.29) is 38.1 Å². The number of aliphatic hydroxyl groups is 2. The second-order valence-corrected chi connectivity index (χ2v) is 15.7. The number of carbonyl (C=O) groups is 7. The molecule has 0 saturated carbocycles. The van der Waals surface area contributed by atoms with Gasteiger partial charge in [-0.25, -0.2) is 0 Å². The van der Waals surface area contributed by atoms with Gasteiger partial charge in [0.2, 0.25) is 35.4 Å². The molecule has 18 nitrogen and oxygen atoms in total. The van der Waals surface area contributed by atoms with E-state index < -0.39 is 95.2 Å². The van der Waals surface area contributed by atoms with Gasteiger partial charge >= 0.3 is 0 Å². The summed E-state index contributed by atoms with van der Waals surface area (Å²) in [5, 5.41) is 35.4. The number of Topliss-reactive ketones (excluding diaryl/α,β-unsaturated/α-hetero) is 1. The first kappa shape index (κ1) is 43.2. The number of nitrogens with two attached hydrogens (primary N) is 2. The molecule has 302 valence electrons. The molecule has 0 spiro atoms. The molecular formula is C36H53N9O9S. The minimum absolute atomic E-state index is 0.0940. The van der Waals surface area contributed by atoms with E-state index in [9.17, 15) is 43.8 Å². The van der Waals surface area contributed by atoms with Crippen molar-refractivity contribution in [1.29, 1.82) is 0 Å². The van der Waals surface area contributed by atoms with Crippen molar-refractivity contribution < 1.29 is 43.8 Å². The maximum absolute atomic E-state index is 14.3. The summed E-state index contributed by atoms with van der Waals surface area (Å²) in [6.45, 7) is 6.85. The second-order valence-electron chi connectivity index (χ2n) is 14.6. The Hall–Kier alpha value is -4.56. The summed E-state index contributed by atoms with van der Waals surface area (Å²) in [4.78, 5) is 98.9. The summed E-state index contributed by atoms with van der Waals surface area (Å²) >= 11 is 1.14. The van der Waals surface area contributed by atoms with Crippen molar-refractivity contribution in [2.24, 2.45) is 11.5 Å². The van der Waals surface area contributed by atoms with Crippen LogP contribution in [-0.4, -0.2) is 134 Å². The zero-order chi connectivity index (χ0) is 40.8. The molecule has 55 heavy (non-hydrogen) atoms. The van der Waals surface area contributed by atoms with Crippen LogP contribution in [0.25, 0.3) is 10.9 Å². The van der Waals surface area contributed by atoms with E-state index in [1.54, 1.807) is 18.2 Å². The van der Waals surface area contributed by atoms with Gasteiger partial charge in [0.1, 0.15) is 30.2 Å². The van der Waals surface area contributed by atoms with E-state index in [2.05, 4.69) is 31.6 Å². The van der Waals surface area contributed by atoms with Gasteiger partial charge in [0.15, 0.2) is 5.78 Å². The maximum Gasteiger partial charge on any atom is 0.246 e. The van der Waals surface area contributed by atoms with Crippen molar-refractivity contribution in [2.45, 2.75) is 119 Å². The van der Waals surface area contributed by atoms with Crippen molar-refractivity contribution in [3.8, 4) is 0 Å². The fourth-order valence-electron chi connectivity index (χ4n) is 6.47. The SMILES string of the molecule is CC(=O)[C@H](CC(C)(O)CN)NC(=O)[C@@H]1Cc2c([nH]c3ccccc23)SC[C@@H](NC(=O)C(NC(=O)[C@H](C)N)[C@H](C)O)C(=O)N2CCC[C@H]2C(=O)N[C@@H](C)C(=O)N1. The quantitative estimate of drug-likeness (QED) is 0.115. The lowest BCUT2D eigenvalue weighted by Gasteiger charge is -2.30. The van der Waals surface area contributed by atoms with E-state index in [0.717, 1.165) is 11.8 Å². The van der Waals surface area contributed by atoms with Gasteiger partial charge in [0, 0.05) is 42.6 Å². The topological polar surface area (TPSA) is 291 Å². The highest BCUT2D eigenvalue weighted by molar-refractivity contribution is 7.99. The minimum atomic E-state index is -1.48. The standard InChI is InChI=1S/C36H53N9O9S/c1-17(38)29(48)44-28(20(4)47)33(52)42-26-15-55-34-22(21-9-6-7-10-23(21)43-34)13-24(31(50)41-25(19(3)46)14-36(5,54)16-37)40-30(49)18(2)39-32(51)27-11-8-12-45(27)35(26)53/h6-7,9-10,17-18,20,24-28,43,47,54H,8,11-16,37-38H2,1-5H3,(H,39,51)(H,40,49)(H,41,50)(H,42,52)(H,44,48)/t17-,18-,20-,24-,25-,26+,27-,28?,36?/m0/s1. The van der Waals surface area contributed by atoms with Crippen LogP contribution in [0, 0.1) is 0 Å². The van der Waals surface area contributed by atoms with Crippen LogP contribution in [0.5, 0.6) is 0 Å². The molecular weight excluding hydrogens is 735 g/mol. The lowest BCUT2D eigenvalue weighted by Crippen LogP contribution is -2.61. The van der Waals surface area contributed by atoms with Gasteiger partial charge in [0.25, 0.3) is 0 Å². The monoisotopic (exact) mass is 787 g/mol. The maximum atomic E-state index is 14.3. The number of amides is 6. The van der Waals surface area contributed by atoms with E-state index in [1.807, 2.05) is 6.07 Å². The largest absolute Gasteiger partial charge is 0.391 e. The number of benzene rings is 1. The first-order chi connectivity index (χ1) is 25.8. The highest BCUT2D eigenvalue weighted by atomic mass is 32.2. The molecule has 19 heteroatoms. The molecule has 4 rings (SSSR count). The van der Waals surface area contributed by atoms with E-state index in [4.69, 9.17) is 11.5 Å². The van der Waals surface area contributed by atoms with Crippen LogP contribution < -0.4 is 38.1 Å². The number of nitrogens with zero attached hydrogens (tertiary/aromatic N) is 1. The molecule has 3 heterocycles. The number of H-pyrrole nitrogens is 1. The van der Waals surface area contributed by atoms with Crippen molar-refractivity contribution in [1.82, 2.24) is 36.5 Å². The van der Waals surface area contributed by atoms with E-state index >= 15 is 0 Å². The van der Waals surface area contributed by atoms with Gasteiger partial charge < -0.3 is 58.1 Å². The molecule has 2 aliphatic rings. The van der Waals surface area contributed by atoms with E-state index in [0.29, 0.717) is 27.9 Å². The molecule has 1 saturated heterocycles. The zero-order valence-corrected chi connectivity index (χ0v) is 32.5. The van der Waals surface area contributed by atoms with Crippen LogP contribution in [0.3, 0.4) is 0 Å². The van der Waals surface area contributed by atoms with Crippen molar-refractivity contribution >= 4 is 63.9 Å².